The normalized spacial score (nSPS) is 13.5. The van der Waals surface area contributed by atoms with Gasteiger partial charge >= 0.3 is 0 Å². The monoisotopic (exact) mass is 767 g/mol. The van der Waals surface area contributed by atoms with Gasteiger partial charge in [-0.15, -0.1) is 0 Å². The van der Waals surface area contributed by atoms with Crippen LogP contribution in [0.15, 0.2) is 152 Å². The minimum absolute atomic E-state index is 0.00929. The number of anilines is 5. The smallest absolute Gasteiger partial charge is 0.286 e. The number of carbonyl (C=O) groups excluding carboxylic acids is 4. The van der Waals surface area contributed by atoms with Crippen LogP contribution < -0.4 is 14.7 Å². The quantitative estimate of drug-likeness (QED) is 0.119. The van der Waals surface area contributed by atoms with Crippen LogP contribution in [0.3, 0.4) is 0 Å². The fraction of sp³-hybridized carbons (Fsp3) is 0. The SMILES string of the molecule is O=C1c2nccnc2C(=O)N1c1ccc(N(c2ccc(N3C(=O)c4nccnc4C3=O)cc2)c2ccc3cc(-c4cnc5c(ccc6cccnc65)c4)ccc3c2)cc1. The van der Waals surface area contributed by atoms with Crippen LogP contribution in [0, 0.1) is 0 Å². The molecule has 13 nitrogen and oxygen atoms in total. The number of fused-ring (bicyclic) bond motifs is 6. The van der Waals surface area contributed by atoms with E-state index in [1.54, 1.807) is 30.5 Å². The Morgan fingerprint density at radius 1 is 0.373 bits per heavy atom. The highest BCUT2D eigenvalue weighted by molar-refractivity contribution is 6.33. The van der Waals surface area contributed by atoms with Crippen LogP contribution in [0.5, 0.6) is 0 Å². The van der Waals surface area contributed by atoms with Gasteiger partial charge in [0, 0.05) is 70.6 Å². The van der Waals surface area contributed by atoms with E-state index in [1.807, 2.05) is 59.6 Å². The van der Waals surface area contributed by atoms with Crippen molar-refractivity contribution < 1.29 is 19.2 Å². The van der Waals surface area contributed by atoms with E-state index in [2.05, 4.69) is 67.4 Å². The first-order valence-electron chi connectivity index (χ1n) is 18.5. The van der Waals surface area contributed by atoms with Gasteiger partial charge in [0.1, 0.15) is 0 Å². The Labute approximate surface area is 333 Å². The second kappa shape index (κ2) is 13.0. The molecule has 0 unspecified atom stereocenters. The molecule has 2 aliphatic heterocycles. The average Bonchev–Trinajstić information content (AvgIpc) is 3.70. The fourth-order valence-electron chi connectivity index (χ4n) is 7.77. The molecule has 11 rings (SSSR count). The van der Waals surface area contributed by atoms with Crippen molar-refractivity contribution in [3.63, 3.8) is 0 Å². The van der Waals surface area contributed by atoms with Crippen molar-refractivity contribution in [3.8, 4) is 11.1 Å². The van der Waals surface area contributed by atoms with Crippen molar-refractivity contribution in [2.75, 3.05) is 14.7 Å². The molecular formula is C46H25N9O4. The summed E-state index contributed by atoms with van der Waals surface area (Å²) in [5, 5.41) is 4.03. The van der Waals surface area contributed by atoms with Crippen molar-refractivity contribution in [3.05, 3.63) is 175 Å². The van der Waals surface area contributed by atoms with Crippen molar-refractivity contribution >= 4 is 84.6 Å². The van der Waals surface area contributed by atoms with Crippen LogP contribution in [0.4, 0.5) is 28.4 Å². The maximum absolute atomic E-state index is 13.2. The van der Waals surface area contributed by atoms with Crippen LogP contribution in [0.1, 0.15) is 42.0 Å². The van der Waals surface area contributed by atoms with E-state index >= 15 is 0 Å². The zero-order chi connectivity index (χ0) is 39.8. The summed E-state index contributed by atoms with van der Waals surface area (Å²) in [5.41, 5.74) is 6.72. The Morgan fingerprint density at radius 3 is 1.41 bits per heavy atom. The Morgan fingerprint density at radius 2 is 0.831 bits per heavy atom. The van der Waals surface area contributed by atoms with E-state index in [-0.39, 0.29) is 22.8 Å². The summed E-state index contributed by atoms with van der Waals surface area (Å²) >= 11 is 0. The van der Waals surface area contributed by atoms with Crippen LogP contribution in [0.25, 0.3) is 43.7 Å². The highest BCUT2D eigenvalue weighted by Crippen LogP contribution is 2.40. The predicted octanol–water partition coefficient (Wildman–Crippen LogP) is 8.25. The summed E-state index contributed by atoms with van der Waals surface area (Å²) < 4.78 is 0. The number of aromatic nitrogens is 6. The van der Waals surface area contributed by atoms with E-state index in [9.17, 15) is 19.2 Å². The summed E-state index contributed by atoms with van der Waals surface area (Å²) in [7, 11) is 0. The Balaban J connectivity index is 0.961. The molecular weight excluding hydrogens is 743 g/mol. The van der Waals surface area contributed by atoms with Crippen molar-refractivity contribution in [2.45, 2.75) is 0 Å². The number of hydrogen-bond donors (Lipinski definition) is 0. The Hall–Kier alpha value is -8.58. The predicted molar refractivity (Wildman–Crippen MR) is 221 cm³/mol. The molecule has 0 fully saturated rings. The number of pyridine rings is 2. The van der Waals surface area contributed by atoms with Gasteiger partial charge in [0.05, 0.1) is 22.4 Å². The third-order valence-corrected chi connectivity index (χ3v) is 10.6. The summed E-state index contributed by atoms with van der Waals surface area (Å²) in [6.07, 6.45) is 9.18. The summed E-state index contributed by atoms with van der Waals surface area (Å²) in [6.45, 7) is 0. The maximum Gasteiger partial charge on any atom is 0.286 e. The van der Waals surface area contributed by atoms with E-state index < -0.39 is 23.6 Å². The highest BCUT2D eigenvalue weighted by Gasteiger charge is 2.40. The molecule has 6 heterocycles. The number of carbonyl (C=O) groups is 4. The first-order chi connectivity index (χ1) is 28.9. The molecule has 4 aromatic heterocycles. The van der Waals surface area contributed by atoms with Crippen molar-refractivity contribution in [2.24, 2.45) is 0 Å². The summed E-state index contributed by atoms with van der Waals surface area (Å²) in [6, 6.07) is 36.6. The van der Waals surface area contributed by atoms with Crippen molar-refractivity contribution in [1.29, 1.82) is 0 Å². The van der Waals surface area contributed by atoms with Crippen molar-refractivity contribution in [1.82, 2.24) is 29.9 Å². The molecule has 2 aliphatic rings. The van der Waals surface area contributed by atoms with E-state index in [0.29, 0.717) is 22.7 Å². The lowest BCUT2D eigenvalue weighted by Gasteiger charge is -2.27. The Bertz CT molecular complexity index is 3090. The number of hydrogen-bond acceptors (Lipinski definition) is 11. The Kier molecular flexibility index (Phi) is 7.43. The molecule has 59 heavy (non-hydrogen) atoms. The second-order valence-corrected chi connectivity index (χ2v) is 13.9. The first-order valence-corrected chi connectivity index (χ1v) is 18.5. The van der Waals surface area contributed by atoms with Gasteiger partial charge in [-0.1, -0.05) is 36.4 Å². The third-order valence-electron chi connectivity index (χ3n) is 10.6. The highest BCUT2D eigenvalue weighted by atomic mass is 16.2. The number of amides is 4. The lowest BCUT2D eigenvalue weighted by atomic mass is 10.00. The van der Waals surface area contributed by atoms with Gasteiger partial charge in [-0.2, -0.15) is 0 Å². The lowest BCUT2D eigenvalue weighted by molar-refractivity contribution is 0.0907. The number of benzene rings is 5. The van der Waals surface area contributed by atoms with Crippen LogP contribution in [0.2, 0.25) is 0 Å². The molecule has 0 aliphatic carbocycles. The number of rotatable bonds is 6. The zero-order valence-electron chi connectivity index (χ0n) is 30.6. The van der Waals surface area contributed by atoms with Gasteiger partial charge in [0.25, 0.3) is 23.6 Å². The van der Waals surface area contributed by atoms with E-state index in [0.717, 1.165) is 59.2 Å². The minimum Gasteiger partial charge on any atom is -0.310 e. The summed E-state index contributed by atoms with van der Waals surface area (Å²) in [5.74, 6) is -2.18. The molecule has 9 aromatic rings. The maximum atomic E-state index is 13.2. The molecule has 0 bridgehead atoms. The molecule has 0 N–H and O–H groups in total. The molecule has 5 aromatic carbocycles. The number of nitrogens with zero attached hydrogens (tertiary/aromatic N) is 9. The van der Waals surface area contributed by atoms with Gasteiger partial charge in [0.2, 0.25) is 0 Å². The van der Waals surface area contributed by atoms with Gasteiger partial charge in [-0.3, -0.25) is 29.1 Å². The lowest BCUT2D eigenvalue weighted by Crippen LogP contribution is -2.29. The number of imide groups is 2. The third kappa shape index (κ3) is 5.33. The minimum atomic E-state index is -0.546. The zero-order valence-corrected chi connectivity index (χ0v) is 30.6. The molecule has 0 saturated heterocycles. The second-order valence-electron chi connectivity index (χ2n) is 13.9. The molecule has 0 radical (unpaired) electrons. The van der Waals surface area contributed by atoms with Crippen LogP contribution in [-0.4, -0.2) is 53.5 Å². The first kappa shape index (κ1) is 33.7. The molecule has 13 heteroatoms. The fourth-order valence-corrected chi connectivity index (χ4v) is 7.77. The summed E-state index contributed by atoms with van der Waals surface area (Å²) in [4.78, 5) is 82.6. The van der Waals surface area contributed by atoms with Gasteiger partial charge < -0.3 is 4.90 Å². The van der Waals surface area contributed by atoms with Gasteiger partial charge in [-0.25, -0.2) is 29.7 Å². The van der Waals surface area contributed by atoms with E-state index in [1.165, 1.54) is 24.8 Å². The standard InChI is InChI=1S/C46H25N9O4/c56-43-39-40(49-19-18-48-39)44(57)54(43)34-13-9-32(10-14-34)53(33-11-15-35(16-12-33)55-45(58)41-42(46(55)59)51-21-20-50-41)36-8-7-27-22-28(4-5-29(27)24-36)31-23-30-6-3-26-2-1-17-47-37(26)38(30)52-25-31/h1-25H. The van der Waals surface area contributed by atoms with Crippen LogP contribution >= 0.6 is 0 Å². The molecule has 0 atom stereocenters. The largest absolute Gasteiger partial charge is 0.310 e. The molecule has 0 saturated carbocycles. The average molecular weight is 768 g/mol. The topological polar surface area (TPSA) is 155 Å². The molecule has 0 spiro atoms. The van der Waals surface area contributed by atoms with Gasteiger partial charge in [-0.05, 0) is 95.2 Å². The van der Waals surface area contributed by atoms with E-state index in [4.69, 9.17) is 4.98 Å². The van der Waals surface area contributed by atoms with Crippen LogP contribution in [-0.2, 0) is 0 Å². The molecule has 278 valence electrons. The molecule has 4 amide bonds. The van der Waals surface area contributed by atoms with Gasteiger partial charge in [0.15, 0.2) is 22.8 Å².